The number of piperidine rings is 1. The van der Waals surface area contributed by atoms with Gasteiger partial charge in [0.2, 0.25) is 11.8 Å². The van der Waals surface area contributed by atoms with E-state index >= 15 is 0 Å². The van der Waals surface area contributed by atoms with E-state index in [4.69, 9.17) is 10.3 Å². The summed E-state index contributed by atoms with van der Waals surface area (Å²) < 4.78 is 5.58. The number of hydrogen-bond acceptors (Lipinski definition) is 5. The Bertz CT molecular complexity index is 756. The Hall–Kier alpha value is -3.06. The Kier molecular flexibility index (Phi) is 4.35. The highest BCUT2D eigenvalue weighted by molar-refractivity contribution is 6.05. The van der Waals surface area contributed by atoms with E-state index < -0.39 is 11.9 Å². The minimum Gasteiger partial charge on any atom is -0.493 e. The molecule has 9 heteroatoms. The van der Waals surface area contributed by atoms with E-state index in [2.05, 4.69) is 15.3 Å². The van der Waals surface area contributed by atoms with Crippen molar-refractivity contribution in [3.05, 3.63) is 39.8 Å². The predicted octanol–water partition coefficient (Wildman–Crippen LogP) is 1.14. The van der Waals surface area contributed by atoms with Crippen LogP contribution in [0.5, 0.6) is 5.75 Å². The number of rotatable bonds is 5. The molecule has 24 heavy (non-hydrogen) atoms. The zero-order chi connectivity index (χ0) is 17.1. The van der Waals surface area contributed by atoms with Crippen molar-refractivity contribution in [2.24, 2.45) is 5.11 Å². The van der Waals surface area contributed by atoms with Crippen LogP contribution in [0.2, 0.25) is 0 Å². The number of ether oxygens (including phenoxy) is 1. The normalized spacial score (nSPS) is 19.6. The van der Waals surface area contributed by atoms with Crippen molar-refractivity contribution in [3.8, 4) is 5.75 Å². The summed E-state index contributed by atoms with van der Waals surface area (Å²) in [5, 5.41) is 5.66. The van der Waals surface area contributed by atoms with Crippen molar-refractivity contribution >= 4 is 17.7 Å². The van der Waals surface area contributed by atoms with Gasteiger partial charge in [-0.1, -0.05) is 11.2 Å². The SMILES string of the molecule is [N-]=[N+]=NCCOc1cccc2c1CN(C1CCC(=O)NC1=O)C2=O. The third kappa shape index (κ3) is 2.89. The van der Waals surface area contributed by atoms with Gasteiger partial charge in [-0.15, -0.1) is 0 Å². The third-order valence-electron chi connectivity index (χ3n) is 4.05. The van der Waals surface area contributed by atoms with Gasteiger partial charge >= 0.3 is 0 Å². The fraction of sp³-hybridized carbons (Fsp3) is 0.400. The number of benzene rings is 1. The van der Waals surface area contributed by atoms with E-state index in [0.29, 0.717) is 23.3 Å². The van der Waals surface area contributed by atoms with Gasteiger partial charge in [0.05, 0.1) is 19.7 Å². The van der Waals surface area contributed by atoms with Crippen LogP contribution < -0.4 is 10.1 Å². The average Bonchev–Trinajstić information content (AvgIpc) is 2.89. The van der Waals surface area contributed by atoms with Crippen molar-refractivity contribution in [2.45, 2.75) is 25.4 Å². The fourth-order valence-corrected chi connectivity index (χ4v) is 2.93. The summed E-state index contributed by atoms with van der Waals surface area (Å²) in [6.07, 6.45) is 0.531. The molecule has 9 nitrogen and oxygen atoms in total. The molecule has 0 aromatic heterocycles. The molecular formula is C15H15N5O4. The van der Waals surface area contributed by atoms with E-state index in [1.165, 1.54) is 4.90 Å². The minimum atomic E-state index is -0.654. The molecule has 1 unspecified atom stereocenters. The Balaban J connectivity index is 1.78. The molecular weight excluding hydrogens is 314 g/mol. The van der Waals surface area contributed by atoms with E-state index in [-0.39, 0.29) is 37.9 Å². The molecule has 1 atom stereocenters. The lowest BCUT2D eigenvalue weighted by molar-refractivity contribution is -0.136. The average molecular weight is 329 g/mol. The molecule has 0 saturated carbocycles. The number of amides is 3. The first-order valence-corrected chi connectivity index (χ1v) is 7.52. The zero-order valence-electron chi connectivity index (χ0n) is 12.8. The second-order valence-corrected chi connectivity index (χ2v) is 5.49. The first-order chi connectivity index (χ1) is 11.6. The van der Waals surface area contributed by atoms with Crippen LogP contribution in [0.15, 0.2) is 23.3 Å². The molecule has 2 aliphatic heterocycles. The number of imide groups is 1. The summed E-state index contributed by atoms with van der Waals surface area (Å²) in [6.45, 7) is 0.635. The molecule has 1 fully saturated rings. The maximum atomic E-state index is 12.6. The highest BCUT2D eigenvalue weighted by atomic mass is 16.5. The standard InChI is InChI=1S/C15H15N5O4/c16-19-17-6-7-24-12-3-1-2-9-10(12)8-20(15(9)23)11-4-5-13(21)18-14(11)22/h1-3,11H,4-8H2,(H,18,21,22). The van der Waals surface area contributed by atoms with Crippen molar-refractivity contribution in [1.82, 2.24) is 10.2 Å². The third-order valence-corrected chi connectivity index (χ3v) is 4.05. The topological polar surface area (TPSA) is 124 Å². The van der Waals surface area contributed by atoms with Crippen molar-refractivity contribution in [3.63, 3.8) is 0 Å². The second-order valence-electron chi connectivity index (χ2n) is 5.49. The summed E-state index contributed by atoms with van der Waals surface area (Å²) in [6, 6.07) is 4.46. The predicted molar refractivity (Wildman–Crippen MR) is 82.0 cm³/mol. The smallest absolute Gasteiger partial charge is 0.255 e. The van der Waals surface area contributed by atoms with E-state index in [0.717, 1.165) is 0 Å². The van der Waals surface area contributed by atoms with Crippen LogP contribution in [0, 0.1) is 0 Å². The number of hydrogen-bond donors (Lipinski definition) is 1. The largest absolute Gasteiger partial charge is 0.493 e. The molecule has 0 radical (unpaired) electrons. The number of carbonyl (C=O) groups excluding carboxylic acids is 3. The number of azide groups is 1. The molecule has 1 N–H and O–H groups in total. The molecule has 0 bridgehead atoms. The monoisotopic (exact) mass is 329 g/mol. The van der Waals surface area contributed by atoms with Crippen LogP contribution in [0.1, 0.15) is 28.8 Å². The van der Waals surface area contributed by atoms with Gasteiger partial charge in [0.1, 0.15) is 11.8 Å². The van der Waals surface area contributed by atoms with Gasteiger partial charge in [0.15, 0.2) is 0 Å². The minimum absolute atomic E-state index is 0.185. The van der Waals surface area contributed by atoms with Crippen LogP contribution in [-0.4, -0.2) is 41.8 Å². The molecule has 0 aliphatic carbocycles. The lowest BCUT2D eigenvalue weighted by Crippen LogP contribution is -2.52. The van der Waals surface area contributed by atoms with Gasteiger partial charge in [0.25, 0.3) is 5.91 Å². The van der Waals surface area contributed by atoms with E-state index in [1.807, 2.05) is 0 Å². The van der Waals surface area contributed by atoms with Gasteiger partial charge < -0.3 is 9.64 Å². The quantitative estimate of drug-likeness (QED) is 0.286. The van der Waals surface area contributed by atoms with Gasteiger partial charge in [0, 0.05) is 22.5 Å². The maximum absolute atomic E-state index is 12.6. The number of nitrogens with one attached hydrogen (secondary N) is 1. The fourth-order valence-electron chi connectivity index (χ4n) is 2.93. The lowest BCUT2D eigenvalue weighted by Gasteiger charge is -2.29. The first-order valence-electron chi connectivity index (χ1n) is 7.52. The van der Waals surface area contributed by atoms with Crippen molar-refractivity contribution in [2.75, 3.05) is 13.2 Å². The summed E-state index contributed by atoms with van der Waals surface area (Å²) >= 11 is 0. The second kappa shape index (κ2) is 6.59. The molecule has 1 saturated heterocycles. The summed E-state index contributed by atoms with van der Waals surface area (Å²) in [7, 11) is 0. The molecule has 124 valence electrons. The van der Waals surface area contributed by atoms with Crippen molar-refractivity contribution < 1.29 is 19.1 Å². The molecule has 3 rings (SSSR count). The molecule has 1 aromatic rings. The summed E-state index contributed by atoms with van der Waals surface area (Å²) in [5.41, 5.74) is 9.45. The first kappa shape index (κ1) is 15.8. The molecule has 2 aliphatic rings. The Morgan fingerprint density at radius 2 is 2.21 bits per heavy atom. The Morgan fingerprint density at radius 1 is 1.38 bits per heavy atom. The van der Waals surface area contributed by atoms with E-state index in [9.17, 15) is 14.4 Å². The van der Waals surface area contributed by atoms with Crippen LogP contribution in [0.25, 0.3) is 10.4 Å². The number of nitrogens with zero attached hydrogens (tertiary/aromatic N) is 4. The van der Waals surface area contributed by atoms with Crippen LogP contribution >= 0.6 is 0 Å². The molecule has 2 heterocycles. The zero-order valence-corrected chi connectivity index (χ0v) is 12.8. The Labute approximate surface area is 137 Å². The van der Waals surface area contributed by atoms with E-state index in [1.54, 1.807) is 18.2 Å². The maximum Gasteiger partial charge on any atom is 0.255 e. The van der Waals surface area contributed by atoms with Crippen LogP contribution in [-0.2, 0) is 16.1 Å². The summed E-state index contributed by atoms with van der Waals surface area (Å²) in [5.74, 6) is -0.482. The van der Waals surface area contributed by atoms with Crippen LogP contribution in [0.4, 0.5) is 0 Å². The van der Waals surface area contributed by atoms with Gasteiger partial charge in [-0.25, -0.2) is 0 Å². The summed E-state index contributed by atoms with van der Waals surface area (Å²) in [4.78, 5) is 40.0. The molecule has 0 spiro atoms. The molecule has 3 amide bonds. The lowest BCUT2D eigenvalue weighted by atomic mass is 10.0. The van der Waals surface area contributed by atoms with Gasteiger partial charge in [-0.3, -0.25) is 19.7 Å². The molecule has 1 aromatic carbocycles. The van der Waals surface area contributed by atoms with Gasteiger partial charge in [-0.05, 0) is 24.1 Å². The van der Waals surface area contributed by atoms with Crippen molar-refractivity contribution in [1.29, 1.82) is 0 Å². The van der Waals surface area contributed by atoms with Gasteiger partial charge in [-0.2, -0.15) is 0 Å². The Morgan fingerprint density at radius 3 is 2.96 bits per heavy atom. The highest BCUT2D eigenvalue weighted by Crippen LogP contribution is 2.33. The number of carbonyl (C=O) groups is 3. The van der Waals surface area contributed by atoms with Crippen LogP contribution in [0.3, 0.4) is 0 Å². The number of fused-ring (bicyclic) bond motifs is 1. The highest BCUT2D eigenvalue weighted by Gasteiger charge is 2.40.